The summed E-state index contributed by atoms with van der Waals surface area (Å²) >= 11 is 0. The number of rotatable bonds is 3. The Labute approximate surface area is 113 Å². The summed E-state index contributed by atoms with van der Waals surface area (Å²) in [5.74, 6) is 0. The van der Waals surface area contributed by atoms with Crippen LogP contribution >= 0.6 is 0 Å². The quantitative estimate of drug-likeness (QED) is 0.755. The van der Waals surface area contributed by atoms with Crippen molar-refractivity contribution in [3.63, 3.8) is 0 Å². The largest absolute Gasteiger partial charge is 0.336 e. The molecule has 0 unspecified atom stereocenters. The fraction of sp³-hybridized carbons (Fsp3) is 0.909. The first-order chi connectivity index (χ1) is 9.00. The number of carbonyl (C=O) groups excluding carboxylic acids is 1. The van der Waals surface area contributed by atoms with Gasteiger partial charge >= 0.3 is 6.03 Å². The van der Waals surface area contributed by atoms with Crippen LogP contribution < -0.4 is 5.32 Å². The lowest BCUT2D eigenvalue weighted by Crippen LogP contribution is -2.64. The Morgan fingerprint density at radius 3 is 2.53 bits per heavy atom. The summed E-state index contributed by atoms with van der Waals surface area (Å²) in [6.45, 7) is 4.77. The molecule has 2 amide bonds. The molecular formula is C11H20N4O3S. The van der Waals surface area contributed by atoms with E-state index in [-0.39, 0.29) is 18.1 Å². The molecular weight excluding hydrogens is 268 g/mol. The maximum atomic E-state index is 12.4. The standard InChI is InChI=1S/C11H20N4O3S/c1-9-3-2-5-15(9)19(17,18)13-7-10(8-13)14-6-4-12-11(14)16/h9-10H,2-8H2,1H3,(H,12,16)/t9-/m0/s1. The lowest BCUT2D eigenvalue weighted by Gasteiger charge is -2.44. The SMILES string of the molecule is C[C@H]1CCCN1S(=O)(=O)N1CC(N2CCNC2=O)C1. The fourth-order valence-electron chi connectivity index (χ4n) is 3.03. The van der Waals surface area contributed by atoms with Gasteiger partial charge < -0.3 is 10.2 Å². The minimum absolute atomic E-state index is 0.0372. The molecule has 3 heterocycles. The van der Waals surface area contributed by atoms with Crippen molar-refractivity contribution in [1.82, 2.24) is 18.8 Å². The van der Waals surface area contributed by atoms with E-state index in [9.17, 15) is 13.2 Å². The summed E-state index contributed by atoms with van der Waals surface area (Å²) < 4.78 is 27.9. The van der Waals surface area contributed by atoms with Crippen LogP contribution in [0.3, 0.4) is 0 Å². The zero-order valence-electron chi connectivity index (χ0n) is 11.1. The van der Waals surface area contributed by atoms with Crippen molar-refractivity contribution in [3.05, 3.63) is 0 Å². The molecule has 0 aliphatic carbocycles. The lowest BCUT2D eigenvalue weighted by molar-refractivity contribution is 0.118. The van der Waals surface area contributed by atoms with E-state index < -0.39 is 10.2 Å². The first-order valence-corrected chi connectivity index (χ1v) is 8.21. The van der Waals surface area contributed by atoms with E-state index in [0.29, 0.717) is 32.7 Å². The normalized spacial score (nSPS) is 30.7. The summed E-state index contributed by atoms with van der Waals surface area (Å²) in [5, 5.41) is 2.74. The molecule has 108 valence electrons. The molecule has 19 heavy (non-hydrogen) atoms. The maximum Gasteiger partial charge on any atom is 0.317 e. The van der Waals surface area contributed by atoms with Crippen molar-refractivity contribution in [2.45, 2.75) is 31.8 Å². The second-order valence-electron chi connectivity index (χ2n) is 5.51. The van der Waals surface area contributed by atoms with Crippen molar-refractivity contribution in [2.24, 2.45) is 0 Å². The number of amides is 2. The summed E-state index contributed by atoms with van der Waals surface area (Å²) in [7, 11) is -3.32. The molecule has 1 atom stereocenters. The van der Waals surface area contributed by atoms with Crippen LogP contribution in [-0.4, -0.2) is 72.8 Å². The van der Waals surface area contributed by atoms with Crippen molar-refractivity contribution in [3.8, 4) is 0 Å². The molecule has 3 rings (SSSR count). The van der Waals surface area contributed by atoms with Crippen LogP contribution in [0.15, 0.2) is 0 Å². The van der Waals surface area contributed by atoms with Gasteiger partial charge in [0, 0.05) is 38.8 Å². The van der Waals surface area contributed by atoms with E-state index in [1.165, 1.54) is 4.31 Å². The Morgan fingerprint density at radius 1 is 1.26 bits per heavy atom. The van der Waals surface area contributed by atoms with Crippen LogP contribution in [0, 0.1) is 0 Å². The number of hydrogen-bond donors (Lipinski definition) is 1. The van der Waals surface area contributed by atoms with Gasteiger partial charge in [0.15, 0.2) is 0 Å². The number of hydrogen-bond acceptors (Lipinski definition) is 3. The molecule has 1 N–H and O–H groups in total. The molecule has 0 aromatic carbocycles. The van der Waals surface area contributed by atoms with Gasteiger partial charge in [0.1, 0.15) is 0 Å². The van der Waals surface area contributed by atoms with Gasteiger partial charge in [0.25, 0.3) is 10.2 Å². The molecule has 3 fully saturated rings. The molecule has 0 bridgehead atoms. The smallest absolute Gasteiger partial charge is 0.317 e. The number of carbonyl (C=O) groups is 1. The summed E-state index contributed by atoms with van der Waals surface area (Å²) in [4.78, 5) is 13.2. The van der Waals surface area contributed by atoms with E-state index >= 15 is 0 Å². The highest BCUT2D eigenvalue weighted by Gasteiger charge is 2.45. The van der Waals surface area contributed by atoms with Crippen LogP contribution in [0.25, 0.3) is 0 Å². The van der Waals surface area contributed by atoms with Gasteiger partial charge in [-0.25, -0.2) is 4.79 Å². The maximum absolute atomic E-state index is 12.4. The van der Waals surface area contributed by atoms with Crippen LogP contribution in [0.5, 0.6) is 0 Å². The Kier molecular flexibility index (Phi) is 3.18. The Hall–Kier alpha value is -0.860. The average Bonchev–Trinajstić information content (AvgIpc) is 2.86. The number of nitrogens with zero attached hydrogens (tertiary/aromatic N) is 3. The van der Waals surface area contributed by atoms with Crippen LogP contribution in [-0.2, 0) is 10.2 Å². The monoisotopic (exact) mass is 288 g/mol. The number of urea groups is 1. The Bertz CT molecular complexity index is 474. The van der Waals surface area contributed by atoms with Crippen LogP contribution in [0.2, 0.25) is 0 Å². The van der Waals surface area contributed by atoms with Gasteiger partial charge in [0.05, 0.1) is 6.04 Å². The second-order valence-corrected chi connectivity index (χ2v) is 7.39. The zero-order valence-corrected chi connectivity index (χ0v) is 11.9. The van der Waals surface area contributed by atoms with Crippen LogP contribution in [0.1, 0.15) is 19.8 Å². The van der Waals surface area contributed by atoms with Crippen molar-refractivity contribution >= 4 is 16.2 Å². The van der Waals surface area contributed by atoms with E-state index in [2.05, 4.69) is 5.32 Å². The molecule has 8 heteroatoms. The van der Waals surface area contributed by atoms with Crippen LogP contribution in [0.4, 0.5) is 4.79 Å². The van der Waals surface area contributed by atoms with E-state index in [4.69, 9.17) is 0 Å². The highest BCUT2D eigenvalue weighted by Crippen LogP contribution is 2.27. The third kappa shape index (κ3) is 2.11. The van der Waals surface area contributed by atoms with Crippen molar-refractivity contribution < 1.29 is 13.2 Å². The van der Waals surface area contributed by atoms with Gasteiger partial charge in [-0.1, -0.05) is 0 Å². The highest BCUT2D eigenvalue weighted by molar-refractivity contribution is 7.86. The minimum atomic E-state index is -3.32. The summed E-state index contributed by atoms with van der Waals surface area (Å²) in [6, 6.07) is 0.0610. The molecule has 0 radical (unpaired) electrons. The molecule has 0 saturated carbocycles. The Balaban J connectivity index is 1.62. The molecule has 3 aliphatic heterocycles. The fourth-order valence-corrected chi connectivity index (χ4v) is 4.97. The first-order valence-electron chi connectivity index (χ1n) is 6.81. The molecule has 3 saturated heterocycles. The average molecular weight is 288 g/mol. The van der Waals surface area contributed by atoms with E-state index in [1.807, 2.05) is 6.92 Å². The molecule has 3 aliphatic rings. The third-order valence-corrected chi connectivity index (χ3v) is 6.36. The predicted octanol–water partition coefficient (Wildman–Crippen LogP) is -0.575. The summed E-state index contributed by atoms with van der Waals surface area (Å²) in [6.07, 6.45) is 1.87. The van der Waals surface area contributed by atoms with Gasteiger partial charge in [0.2, 0.25) is 0 Å². The Morgan fingerprint density at radius 2 is 2.00 bits per heavy atom. The van der Waals surface area contributed by atoms with Gasteiger partial charge in [-0.2, -0.15) is 17.0 Å². The number of nitrogens with one attached hydrogen (secondary N) is 1. The third-order valence-electron chi connectivity index (χ3n) is 4.27. The van der Waals surface area contributed by atoms with Gasteiger partial charge in [-0.3, -0.25) is 0 Å². The molecule has 0 spiro atoms. The van der Waals surface area contributed by atoms with Crippen molar-refractivity contribution in [1.29, 1.82) is 0 Å². The zero-order chi connectivity index (χ0) is 13.6. The first kappa shape index (κ1) is 13.1. The lowest BCUT2D eigenvalue weighted by atomic mass is 10.1. The van der Waals surface area contributed by atoms with Gasteiger partial charge in [-0.05, 0) is 19.8 Å². The molecule has 0 aromatic rings. The van der Waals surface area contributed by atoms with Crippen molar-refractivity contribution in [2.75, 3.05) is 32.7 Å². The van der Waals surface area contributed by atoms with E-state index in [1.54, 1.807) is 9.21 Å². The molecule has 0 aromatic heterocycles. The highest BCUT2D eigenvalue weighted by atomic mass is 32.2. The van der Waals surface area contributed by atoms with Gasteiger partial charge in [-0.15, -0.1) is 0 Å². The second kappa shape index (κ2) is 4.60. The topological polar surface area (TPSA) is 73.0 Å². The molecule has 7 nitrogen and oxygen atoms in total. The summed E-state index contributed by atoms with van der Waals surface area (Å²) in [5.41, 5.74) is 0. The minimum Gasteiger partial charge on any atom is -0.336 e. The predicted molar refractivity (Wildman–Crippen MR) is 69.8 cm³/mol. The van der Waals surface area contributed by atoms with E-state index in [0.717, 1.165) is 12.8 Å².